The summed E-state index contributed by atoms with van der Waals surface area (Å²) in [4.78, 5) is 11.8. The van der Waals surface area contributed by atoms with Crippen molar-refractivity contribution < 1.29 is 4.79 Å². The third-order valence-electron chi connectivity index (χ3n) is 2.92. The molecule has 0 radical (unpaired) electrons. The fourth-order valence-electron chi connectivity index (χ4n) is 1.91. The van der Waals surface area contributed by atoms with Crippen molar-refractivity contribution in [1.82, 2.24) is 5.32 Å². The molecule has 2 heteroatoms. The number of nitrogens with one attached hydrogen (secondary N) is 1. The van der Waals surface area contributed by atoms with Crippen molar-refractivity contribution in [2.75, 3.05) is 6.54 Å². The van der Waals surface area contributed by atoms with Crippen molar-refractivity contribution in [2.24, 2.45) is 5.92 Å². The van der Waals surface area contributed by atoms with E-state index in [-0.39, 0.29) is 6.04 Å². The van der Waals surface area contributed by atoms with Crippen LogP contribution in [-0.2, 0) is 4.79 Å². The average Bonchev–Trinajstić information content (AvgIpc) is 2.42. The van der Waals surface area contributed by atoms with Crippen LogP contribution in [0, 0.1) is 5.92 Å². The van der Waals surface area contributed by atoms with Gasteiger partial charge in [0.25, 0.3) is 0 Å². The Hall–Kier alpha value is -0.370. The number of ketones is 1. The molecule has 1 rings (SSSR count). The molecule has 0 bridgehead atoms. The molecule has 1 heterocycles. The predicted octanol–water partition coefficient (Wildman–Crippen LogP) is 2.52. The molecule has 14 heavy (non-hydrogen) atoms. The molecular formula is C12H23NO. The van der Waals surface area contributed by atoms with Crippen LogP contribution < -0.4 is 5.32 Å². The smallest absolute Gasteiger partial charge is 0.149 e. The van der Waals surface area contributed by atoms with E-state index < -0.39 is 0 Å². The first-order chi connectivity index (χ1) is 6.70. The van der Waals surface area contributed by atoms with E-state index in [0.717, 1.165) is 25.8 Å². The largest absolute Gasteiger partial charge is 0.307 e. The second kappa shape index (κ2) is 6.18. The summed E-state index contributed by atoms with van der Waals surface area (Å²) in [6.07, 6.45) is 6.57. The van der Waals surface area contributed by atoms with Crippen LogP contribution in [0.2, 0.25) is 0 Å². The molecule has 1 saturated heterocycles. The lowest BCUT2D eigenvalue weighted by atomic mass is 9.99. The molecule has 0 aromatic carbocycles. The molecule has 0 saturated carbocycles. The summed E-state index contributed by atoms with van der Waals surface area (Å²) in [5, 5.41) is 3.36. The summed E-state index contributed by atoms with van der Waals surface area (Å²) >= 11 is 0. The van der Waals surface area contributed by atoms with Crippen molar-refractivity contribution in [2.45, 2.75) is 58.4 Å². The Kier molecular flexibility index (Phi) is 5.16. The molecule has 0 amide bonds. The second-order valence-corrected chi connectivity index (χ2v) is 4.75. The topological polar surface area (TPSA) is 29.1 Å². The van der Waals surface area contributed by atoms with E-state index in [1.807, 2.05) is 0 Å². The Morgan fingerprint density at radius 1 is 1.36 bits per heavy atom. The van der Waals surface area contributed by atoms with Crippen LogP contribution in [0.3, 0.4) is 0 Å². The first-order valence-electron chi connectivity index (χ1n) is 5.96. The minimum Gasteiger partial charge on any atom is -0.307 e. The Labute approximate surface area is 87.5 Å². The van der Waals surface area contributed by atoms with E-state index in [1.54, 1.807) is 0 Å². The van der Waals surface area contributed by atoms with Gasteiger partial charge < -0.3 is 5.32 Å². The highest BCUT2D eigenvalue weighted by Crippen LogP contribution is 2.12. The van der Waals surface area contributed by atoms with Crippen LogP contribution in [-0.4, -0.2) is 18.4 Å². The molecule has 1 fully saturated rings. The van der Waals surface area contributed by atoms with E-state index >= 15 is 0 Å². The maximum Gasteiger partial charge on any atom is 0.149 e. The van der Waals surface area contributed by atoms with Crippen LogP contribution >= 0.6 is 0 Å². The minimum atomic E-state index is 0.163. The van der Waals surface area contributed by atoms with Crippen molar-refractivity contribution in [3.05, 3.63) is 0 Å². The van der Waals surface area contributed by atoms with E-state index in [4.69, 9.17) is 0 Å². The third kappa shape index (κ3) is 4.23. The molecule has 1 N–H and O–H groups in total. The molecule has 0 aromatic heterocycles. The van der Waals surface area contributed by atoms with Gasteiger partial charge in [-0.05, 0) is 31.7 Å². The molecule has 82 valence electrons. The van der Waals surface area contributed by atoms with Gasteiger partial charge in [0.05, 0.1) is 6.04 Å². The summed E-state index contributed by atoms with van der Waals surface area (Å²) in [6, 6.07) is 0.163. The molecule has 0 spiro atoms. The molecule has 2 nitrogen and oxygen atoms in total. The highest BCUT2D eigenvalue weighted by molar-refractivity contribution is 5.83. The molecule has 1 atom stereocenters. The van der Waals surface area contributed by atoms with Gasteiger partial charge in [-0.15, -0.1) is 0 Å². The summed E-state index contributed by atoms with van der Waals surface area (Å²) in [5.41, 5.74) is 0. The van der Waals surface area contributed by atoms with Gasteiger partial charge in [-0.1, -0.05) is 26.7 Å². The van der Waals surface area contributed by atoms with Gasteiger partial charge in [0, 0.05) is 6.42 Å². The summed E-state index contributed by atoms with van der Waals surface area (Å²) in [6.45, 7) is 5.37. The van der Waals surface area contributed by atoms with Gasteiger partial charge in [0.2, 0.25) is 0 Å². The average molecular weight is 197 g/mol. The van der Waals surface area contributed by atoms with Crippen molar-refractivity contribution in [3.8, 4) is 0 Å². The van der Waals surface area contributed by atoms with Gasteiger partial charge in [-0.2, -0.15) is 0 Å². The Balaban J connectivity index is 2.27. The van der Waals surface area contributed by atoms with Crippen LogP contribution in [0.1, 0.15) is 52.4 Å². The van der Waals surface area contributed by atoms with Crippen molar-refractivity contribution in [1.29, 1.82) is 0 Å². The maximum atomic E-state index is 11.8. The van der Waals surface area contributed by atoms with Gasteiger partial charge in [0.15, 0.2) is 0 Å². The number of carbonyl (C=O) groups is 1. The van der Waals surface area contributed by atoms with Crippen LogP contribution in [0.4, 0.5) is 0 Å². The van der Waals surface area contributed by atoms with Crippen LogP contribution in [0.5, 0.6) is 0 Å². The second-order valence-electron chi connectivity index (χ2n) is 4.75. The van der Waals surface area contributed by atoms with Crippen molar-refractivity contribution >= 4 is 5.78 Å². The zero-order chi connectivity index (χ0) is 10.4. The minimum absolute atomic E-state index is 0.163. The monoisotopic (exact) mass is 197 g/mol. The summed E-state index contributed by atoms with van der Waals surface area (Å²) in [7, 11) is 0. The number of rotatable bonds is 4. The quantitative estimate of drug-likeness (QED) is 0.750. The van der Waals surface area contributed by atoms with Crippen molar-refractivity contribution in [3.63, 3.8) is 0 Å². The van der Waals surface area contributed by atoms with Gasteiger partial charge in [-0.25, -0.2) is 0 Å². The fourth-order valence-corrected chi connectivity index (χ4v) is 1.91. The molecule has 1 aliphatic rings. The maximum absolute atomic E-state index is 11.8. The Morgan fingerprint density at radius 3 is 2.86 bits per heavy atom. The third-order valence-corrected chi connectivity index (χ3v) is 2.92. The zero-order valence-corrected chi connectivity index (χ0v) is 9.51. The number of hydrogen-bond donors (Lipinski definition) is 1. The van der Waals surface area contributed by atoms with E-state index in [9.17, 15) is 4.79 Å². The molecule has 0 aliphatic carbocycles. The molecule has 1 unspecified atom stereocenters. The van der Waals surface area contributed by atoms with Crippen LogP contribution in [0.25, 0.3) is 0 Å². The standard InChI is InChI=1S/C12H23NO/c1-10(2)7-8-12(14)11-6-4-3-5-9-13-11/h10-11,13H,3-9H2,1-2H3. The van der Waals surface area contributed by atoms with Gasteiger partial charge >= 0.3 is 0 Å². The van der Waals surface area contributed by atoms with E-state index in [1.165, 1.54) is 19.3 Å². The van der Waals surface area contributed by atoms with E-state index in [2.05, 4.69) is 19.2 Å². The number of hydrogen-bond acceptors (Lipinski definition) is 2. The summed E-state index contributed by atoms with van der Waals surface area (Å²) in [5.74, 6) is 1.07. The zero-order valence-electron chi connectivity index (χ0n) is 9.51. The lowest BCUT2D eigenvalue weighted by Gasteiger charge is -2.14. The number of carbonyl (C=O) groups excluding carboxylic acids is 1. The molecular weight excluding hydrogens is 174 g/mol. The molecule has 1 aliphatic heterocycles. The first-order valence-corrected chi connectivity index (χ1v) is 5.96. The highest BCUT2D eigenvalue weighted by atomic mass is 16.1. The fraction of sp³-hybridized carbons (Fsp3) is 0.917. The number of Topliss-reactive ketones (excluding diaryl/α,β-unsaturated/α-hetero) is 1. The lowest BCUT2D eigenvalue weighted by Crippen LogP contribution is -2.36. The highest BCUT2D eigenvalue weighted by Gasteiger charge is 2.18. The normalized spacial score (nSPS) is 23.5. The van der Waals surface area contributed by atoms with Gasteiger partial charge in [0.1, 0.15) is 5.78 Å². The predicted molar refractivity (Wildman–Crippen MR) is 59.3 cm³/mol. The lowest BCUT2D eigenvalue weighted by molar-refractivity contribution is -0.121. The Morgan fingerprint density at radius 2 is 2.14 bits per heavy atom. The first kappa shape index (κ1) is 11.7. The SMILES string of the molecule is CC(C)CCC(=O)C1CCCCCN1. The Bertz CT molecular complexity index is 169. The molecule has 0 aromatic rings. The van der Waals surface area contributed by atoms with E-state index in [0.29, 0.717) is 11.7 Å². The van der Waals surface area contributed by atoms with Gasteiger partial charge in [-0.3, -0.25) is 4.79 Å². The van der Waals surface area contributed by atoms with Crippen LogP contribution in [0.15, 0.2) is 0 Å². The summed E-state index contributed by atoms with van der Waals surface area (Å²) < 4.78 is 0.